The lowest BCUT2D eigenvalue weighted by molar-refractivity contribution is -0.113. The zero-order valence-electron chi connectivity index (χ0n) is 12.2. The number of hydrogen-bond acceptors (Lipinski definition) is 4. The van der Waals surface area contributed by atoms with Crippen molar-refractivity contribution in [2.24, 2.45) is 4.99 Å². The second-order valence-electron chi connectivity index (χ2n) is 5.14. The largest absolute Gasteiger partial charge is 0.348 e. The summed E-state index contributed by atoms with van der Waals surface area (Å²) in [4.78, 5) is 21.6. The molecule has 110 valence electrons. The molecule has 0 spiro atoms. The Bertz CT molecular complexity index is 574. The molecule has 2 heterocycles. The first kappa shape index (κ1) is 14.4. The van der Waals surface area contributed by atoms with Crippen molar-refractivity contribution in [1.82, 2.24) is 9.80 Å². The summed E-state index contributed by atoms with van der Waals surface area (Å²) in [6.45, 7) is 7.26. The standard InChI is InChI=1S/C16H19N3OS/c1-2-18-8-10-19(11-9-18)16-17-15(20)14(21-16)12-13-6-4-3-5-7-13/h3-7,12H,2,8-11H2,1H3/b14-12+. The van der Waals surface area contributed by atoms with Gasteiger partial charge in [0.1, 0.15) is 0 Å². The van der Waals surface area contributed by atoms with Crippen molar-refractivity contribution < 1.29 is 4.79 Å². The molecule has 0 unspecified atom stereocenters. The normalized spacial score (nSPS) is 22.0. The number of piperazine rings is 1. The molecule has 0 N–H and O–H groups in total. The number of hydrogen-bond donors (Lipinski definition) is 0. The zero-order valence-corrected chi connectivity index (χ0v) is 13.0. The van der Waals surface area contributed by atoms with Gasteiger partial charge in [-0.3, -0.25) is 4.79 Å². The van der Waals surface area contributed by atoms with Gasteiger partial charge in [-0.05, 0) is 29.9 Å². The molecule has 2 aliphatic rings. The van der Waals surface area contributed by atoms with Gasteiger partial charge in [0.15, 0.2) is 5.17 Å². The molecule has 1 aromatic rings. The van der Waals surface area contributed by atoms with Crippen LogP contribution >= 0.6 is 11.8 Å². The molecule has 0 aliphatic carbocycles. The van der Waals surface area contributed by atoms with E-state index in [0.717, 1.165) is 43.5 Å². The Morgan fingerprint density at radius 1 is 1.19 bits per heavy atom. The number of benzene rings is 1. The number of amides is 1. The van der Waals surface area contributed by atoms with E-state index in [4.69, 9.17) is 0 Å². The summed E-state index contributed by atoms with van der Waals surface area (Å²) in [7, 11) is 0. The topological polar surface area (TPSA) is 35.9 Å². The van der Waals surface area contributed by atoms with Crippen LogP contribution < -0.4 is 0 Å². The highest BCUT2D eigenvalue weighted by molar-refractivity contribution is 8.18. The first-order valence-electron chi connectivity index (χ1n) is 7.31. The SMILES string of the molecule is CCN1CCN(C2=NC(=O)/C(=C\c3ccccc3)S2)CC1. The Morgan fingerprint density at radius 2 is 1.90 bits per heavy atom. The highest BCUT2D eigenvalue weighted by Crippen LogP contribution is 2.30. The highest BCUT2D eigenvalue weighted by Gasteiger charge is 2.27. The minimum absolute atomic E-state index is 0.114. The van der Waals surface area contributed by atoms with Crippen molar-refractivity contribution in [1.29, 1.82) is 0 Å². The Morgan fingerprint density at radius 3 is 2.57 bits per heavy atom. The van der Waals surface area contributed by atoms with Crippen LogP contribution in [0.1, 0.15) is 12.5 Å². The molecule has 1 saturated heterocycles. The average Bonchev–Trinajstić information content (AvgIpc) is 2.89. The summed E-state index contributed by atoms with van der Waals surface area (Å²) >= 11 is 1.50. The van der Waals surface area contributed by atoms with Gasteiger partial charge in [-0.25, -0.2) is 0 Å². The summed E-state index contributed by atoms with van der Waals surface area (Å²) in [5, 5.41) is 0.859. The third-order valence-corrected chi connectivity index (χ3v) is 4.84. The van der Waals surface area contributed by atoms with Gasteiger partial charge >= 0.3 is 0 Å². The third-order valence-electron chi connectivity index (χ3n) is 3.80. The lowest BCUT2D eigenvalue weighted by Crippen LogP contribution is -2.47. The van der Waals surface area contributed by atoms with Crippen LogP contribution in [0.4, 0.5) is 0 Å². The first-order chi connectivity index (χ1) is 10.3. The first-order valence-corrected chi connectivity index (χ1v) is 8.13. The van der Waals surface area contributed by atoms with Gasteiger partial charge in [0.25, 0.3) is 5.91 Å². The van der Waals surface area contributed by atoms with Gasteiger partial charge in [0.05, 0.1) is 4.91 Å². The Hall–Kier alpha value is -1.59. The van der Waals surface area contributed by atoms with E-state index in [9.17, 15) is 4.79 Å². The maximum Gasteiger partial charge on any atom is 0.286 e. The van der Waals surface area contributed by atoms with Gasteiger partial charge in [0.2, 0.25) is 0 Å². The number of thioether (sulfide) groups is 1. The van der Waals surface area contributed by atoms with Crippen molar-refractivity contribution in [3.05, 3.63) is 40.8 Å². The van der Waals surface area contributed by atoms with Crippen molar-refractivity contribution >= 4 is 28.9 Å². The molecule has 3 rings (SSSR count). The summed E-state index contributed by atoms with van der Waals surface area (Å²) in [5.74, 6) is -0.114. The fourth-order valence-electron chi connectivity index (χ4n) is 2.49. The van der Waals surface area contributed by atoms with Crippen LogP contribution in [0.5, 0.6) is 0 Å². The van der Waals surface area contributed by atoms with Gasteiger partial charge in [-0.2, -0.15) is 4.99 Å². The molecule has 0 atom stereocenters. The molecule has 5 heteroatoms. The number of likely N-dealkylation sites (N-methyl/N-ethyl adjacent to an activating group) is 1. The Labute approximate surface area is 129 Å². The molecule has 2 aliphatic heterocycles. The number of aliphatic imine (C=N–C) groups is 1. The smallest absolute Gasteiger partial charge is 0.286 e. The van der Waals surface area contributed by atoms with Gasteiger partial charge in [-0.1, -0.05) is 37.3 Å². The lowest BCUT2D eigenvalue weighted by atomic mass is 10.2. The van der Waals surface area contributed by atoms with Crippen LogP contribution in [-0.4, -0.2) is 53.6 Å². The number of carbonyl (C=O) groups excluding carboxylic acids is 1. The lowest BCUT2D eigenvalue weighted by Gasteiger charge is -2.34. The fourth-order valence-corrected chi connectivity index (χ4v) is 3.45. The van der Waals surface area contributed by atoms with E-state index in [2.05, 4.69) is 21.7 Å². The minimum Gasteiger partial charge on any atom is -0.348 e. The maximum atomic E-state index is 12.0. The molecule has 4 nitrogen and oxygen atoms in total. The molecule has 21 heavy (non-hydrogen) atoms. The number of amidine groups is 1. The summed E-state index contributed by atoms with van der Waals surface area (Å²) in [6.07, 6.45) is 1.92. The van der Waals surface area contributed by atoms with E-state index in [-0.39, 0.29) is 5.91 Å². The van der Waals surface area contributed by atoms with Crippen molar-refractivity contribution in [3.8, 4) is 0 Å². The van der Waals surface area contributed by atoms with Gasteiger partial charge in [0, 0.05) is 26.2 Å². The van der Waals surface area contributed by atoms with E-state index < -0.39 is 0 Å². The predicted octanol–water partition coefficient (Wildman–Crippen LogP) is 2.29. The van der Waals surface area contributed by atoms with E-state index in [1.807, 2.05) is 36.4 Å². The Balaban J connectivity index is 1.67. The van der Waals surface area contributed by atoms with Crippen molar-refractivity contribution in [3.63, 3.8) is 0 Å². The highest BCUT2D eigenvalue weighted by atomic mass is 32.2. The second-order valence-corrected chi connectivity index (χ2v) is 6.15. The molecular weight excluding hydrogens is 282 g/mol. The molecule has 1 amide bonds. The Kier molecular flexibility index (Phi) is 4.41. The van der Waals surface area contributed by atoms with Gasteiger partial charge < -0.3 is 9.80 Å². The number of carbonyl (C=O) groups is 1. The minimum atomic E-state index is -0.114. The molecule has 0 aromatic heterocycles. The van der Waals surface area contributed by atoms with Crippen LogP contribution in [0.25, 0.3) is 6.08 Å². The molecule has 0 saturated carbocycles. The predicted molar refractivity (Wildman–Crippen MR) is 88.1 cm³/mol. The van der Waals surface area contributed by atoms with Crippen molar-refractivity contribution in [2.75, 3.05) is 32.7 Å². The van der Waals surface area contributed by atoms with Gasteiger partial charge in [-0.15, -0.1) is 0 Å². The molecule has 0 radical (unpaired) electrons. The van der Waals surface area contributed by atoms with Crippen LogP contribution in [0.2, 0.25) is 0 Å². The van der Waals surface area contributed by atoms with E-state index in [1.54, 1.807) is 0 Å². The monoisotopic (exact) mass is 301 g/mol. The summed E-state index contributed by atoms with van der Waals surface area (Å²) < 4.78 is 0. The van der Waals surface area contributed by atoms with E-state index in [0.29, 0.717) is 4.91 Å². The number of nitrogens with zero attached hydrogens (tertiary/aromatic N) is 3. The van der Waals surface area contributed by atoms with Crippen LogP contribution in [0, 0.1) is 0 Å². The van der Waals surface area contributed by atoms with Crippen LogP contribution in [0.3, 0.4) is 0 Å². The van der Waals surface area contributed by atoms with E-state index in [1.165, 1.54) is 11.8 Å². The summed E-state index contributed by atoms with van der Waals surface area (Å²) in [6, 6.07) is 9.92. The molecular formula is C16H19N3OS. The quantitative estimate of drug-likeness (QED) is 0.785. The second kappa shape index (κ2) is 6.45. The van der Waals surface area contributed by atoms with E-state index >= 15 is 0 Å². The summed E-state index contributed by atoms with van der Waals surface area (Å²) in [5.41, 5.74) is 1.04. The molecule has 1 fully saturated rings. The van der Waals surface area contributed by atoms with Crippen molar-refractivity contribution in [2.45, 2.75) is 6.92 Å². The maximum absolute atomic E-state index is 12.0. The zero-order chi connectivity index (χ0) is 14.7. The fraction of sp³-hybridized carbons (Fsp3) is 0.375. The molecule has 0 bridgehead atoms. The number of rotatable bonds is 2. The average molecular weight is 301 g/mol. The van der Waals surface area contributed by atoms with Crippen LogP contribution in [-0.2, 0) is 4.79 Å². The molecule has 1 aromatic carbocycles. The van der Waals surface area contributed by atoms with Crippen LogP contribution in [0.15, 0.2) is 40.2 Å². The third kappa shape index (κ3) is 3.36.